The van der Waals surface area contributed by atoms with Gasteiger partial charge in [-0.15, -0.1) is 0 Å². The van der Waals surface area contributed by atoms with Gasteiger partial charge in [0.2, 0.25) is 5.91 Å². The van der Waals surface area contributed by atoms with Gasteiger partial charge in [0.1, 0.15) is 6.10 Å². The second-order valence-electron chi connectivity index (χ2n) is 16.2. The SMILES string of the molecule is CC/C=C/C=C/C=C\C=C/CCCCCC(=O)OC(CCCCCCCCCCC)CC(=O)NC(CO)C(O)CCCCCCCCCCCCCCCCC. The molecule has 0 fully saturated rings. The first kappa shape index (κ1) is 53.8. The van der Waals surface area contributed by atoms with Crippen molar-refractivity contribution in [1.29, 1.82) is 0 Å². The van der Waals surface area contributed by atoms with Gasteiger partial charge in [0.15, 0.2) is 0 Å². The fraction of sp³-hybridized carbons (Fsp3) is 0.800. The molecule has 3 N–H and O–H groups in total. The molecule has 0 heterocycles. The Labute approximate surface area is 346 Å². The topological polar surface area (TPSA) is 95.9 Å². The van der Waals surface area contributed by atoms with Crippen LogP contribution in [0.5, 0.6) is 0 Å². The zero-order valence-corrected chi connectivity index (χ0v) is 37.0. The molecular formula is C50H91NO5. The van der Waals surface area contributed by atoms with Gasteiger partial charge in [0.05, 0.1) is 25.2 Å². The monoisotopic (exact) mass is 786 g/mol. The lowest BCUT2D eigenvalue weighted by Gasteiger charge is -2.24. The highest BCUT2D eigenvalue weighted by atomic mass is 16.5. The molecule has 0 aromatic carbocycles. The van der Waals surface area contributed by atoms with E-state index in [0.29, 0.717) is 19.3 Å². The van der Waals surface area contributed by atoms with Gasteiger partial charge in [-0.1, -0.05) is 223 Å². The lowest BCUT2D eigenvalue weighted by Crippen LogP contribution is -2.46. The number of amides is 1. The molecule has 0 aliphatic carbocycles. The average molecular weight is 786 g/mol. The van der Waals surface area contributed by atoms with Crippen molar-refractivity contribution in [2.75, 3.05) is 6.61 Å². The number of unbranched alkanes of at least 4 members (excludes halogenated alkanes) is 25. The summed E-state index contributed by atoms with van der Waals surface area (Å²) in [6.45, 7) is 6.32. The van der Waals surface area contributed by atoms with Gasteiger partial charge in [0.25, 0.3) is 0 Å². The van der Waals surface area contributed by atoms with Crippen molar-refractivity contribution < 1.29 is 24.5 Å². The lowest BCUT2D eigenvalue weighted by atomic mass is 10.0. The predicted molar refractivity (Wildman–Crippen MR) is 241 cm³/mol. The summed E-state index contributed by atoms with van der Waals surface area (Å²) in [5.74, 6) is -0.518. The number of carbonyl (C=O) groups is 2. The number of aliphatic hydroxyl groups excluding tert-OH is 2. The van der Waals surface area contributed by atoms with Crippen LogP contribution < -0.4 is 5.32 Å². The summed E-state index contributed by atoms with van der Waals surface area (Å²) in [6.07, 6.45) is 51.7. The fourth-order valence-corrected chi connectivity index (χ4v) is 7.15. The summed E-state index contributed by atoms with van der Waals surface area (Å²) in [4.78, 5) is 26.0. The maximum Gasteiger partial charge on any atom is 0.306 e. The maximum absolute atomic E-state index is 13.1. The zero-order chi connectivity index (χ0) is 41.0. The molecule has 0 bridgehead atoms. The molecule has 0 aliphatic rings. The summed E-state index contributed by atoms with van der Waals surface area (Å²) in [6, 6.07) is -0.706. The molecule has 0 aromatic rings. The first-order valence-electron chi connectivity index (χ1n) is 23.9. The van der Waals surface area contributed by atoms with Gasteiger partial charge >= 0.3 is 5.97 Å². The standard InChI is InChI=1S/C50H91NO5/c1-4-7-10-13-16-19-21-23-24-26-27-30-33-36-39-42-48(53)47(45-52)51-49(54)44-46(41-38-35-32-29-18-15-12-9-6-3)56-50(55)43-40-37-34-31-28-25-22-20-17-14-11-8-5-2/h8,11,14,17,20,22,25,28,46-48,52-53H,4-7,9-10,12-13,15-16,18-19,21,23-24,26-27,29-45H2,1-3H3,(H,51,54)/b11-8+,17-14+,22-20-,28-25-. The minimum atomic E-state index is -0.792. The normalized spacial score (nSPS) is 13.7. The average Bonchev–Trinajstić information content (AvgIpc) is 3.19. The van der Waals surface area contributed by atoms with Gasteiger partial charge in [-0.05, 0) is 44.9 Å². The number of carbonyl (C=O) groups excluding carboxylic acids is 2. The van der Waals surface area contributed by atoms with E-state index in [9.17, 15) is 19.8 Å². The first-order valence-corrected chi connectivity index (χ1v) is 23.9. The zero-order valence-electron chi connectivity index (χ0n) is 37.0. The Morgan fingerprint density at radius 2 is 0.964 bits per heavy atom. The number of aliphatic hydroxyl groups is 2. The van der Waals surface area contributed by atoms with Gasteiger partial charge in [-0.3, -0.25) is 9.59 Å². The smallest absolute Gasteiger partial charge is 0.306 e. The number of nitrogens with one attached hydrogen (secondary N) is 1. The molecule has 1 amide bonds. The van der Waals surface area contributed by atoms with Crippen LogP contribution in [0, 0.1) is 0 Å². The number of allylic oxidation sites excluding steroid dienone is 8. The van der Waals surface area contributed by atoms with E-state index in [1.807, 2.05) is 24.3 Å². The molecule has 3 unspecified atom stereocenters. The van der Waals surface area contributed by atoms with Crippen LogP contribution in [0.2, 0.25) is 0 Å². The van der Waals surface area contributed by atoms with Gasteiger partial charge in [-0.2, -0.15) is 0 Å². The molecule has 0 radical (unpaired) electrons. The van der Waals surface area contributed by atoms with E-state index in [1.165, 1.54) is 116 Å². The molecule has 0 spiro atoms. The van der Waals surface area contributed by atoms with Crippen LogP contribution >= 0.6 is 0 Å². The van der Waals surface area contributed by atoms with Crippen molar-refractivity contribution >= 4 is 11.9 Å². The third kappa shape index (κ3) is 38.7. The molecule has 3 atom stereocenters. The number of esters is 1. The number of rotatable bonds is 42. The molecule has 56 heavy (non-hydrogen) atoms. The van der Waals surface area contributed by atoms with Crippen LogP contribution in [0.15, 0.2) is 48.6 Å². The Hall–Kier alpha value is -2.18. The van der Waals surface area contributed by atoms with E-state index in [-0.39, 0.29) is 24.9 Å². The fourth-order valence-electron chi connectivity index (χ4n) is 7.15. The van der Waals surface area contributed by atoms with Crippen LogP contribution in [-0.4, -0.2) is 46.9 Å². The summed E-state index contributed by atoms with van der Waals surface area (Å²) in [7, 11) is 0. The third-order valence-corrected chi connectivity index (χ3v) is 10.8. The molecule has 0 saturated heterocycles. The Morgan fingerprint density at radius 1 is 0.536 bits per heavy atom. The first-order chi connectivity index (χ1) is 27.5. The van der Waals surface area contributed by atoms with E-state index in [4.69, 9.17) is 4.74 Å². The Morgan fingerprint density at radius 3 is 1.45 bits per heavy atom. The van der Waals surface area contributed by atoms with E-state index in [2.05, 4.69) is 50.4 Å². The summed E-state index contributed by atoms with van der Waals surface area (Å²) in [5, 5.41) is 23.7. The third-order valence-electron chi connectivity index (χ3n) is 10.8. The molecule has 0 aliphatic heterocycles. The summed E-state index contributed by atoms with van der Waals surface area (Å²) < 4.78 is 5.88. The van der Waals surface area contributed by atoms with Gasteiger partial charge < -0.3 is 20.3 Å². The lowest BCUT2D eigenvalue weighted by molar-refractivity contribution is -0.151. The molecule has 0 rings (SSSR count). The highest BCUT2D eigenvalue weighted by molar-refractivity contribution is 5.77. The van der Waals surface area contributed by atoms with E-state index in [0.717, 1.165) is 70.6 Å². The van der Waals surface area contributed by atoms with Gasteiger partial charge in [-0.25, -0.2) is 0 Å². The number of ether oxygens (including phenoxy) is 1. The van der Waals surface area contributed by atoms with Crippen LogP contribution in [0.4, 0.5) is 0 Å². The van der Waals surface area contributed by atoms with Crippen molar-refractivity contribution in [3.63, 3.8) is 0 Å². The van der Waals surface area contributed by atoms with Gasteiger partial charge in [0, 0.05) is 6.42 Å². The largest absolute Gasteiger partial charge is 0.462 e. The number of hydrogen-bond donors (Lipinski definition) is 3. The van der Waals surface area contributed by atoms with E-state index in [1.54, 1.807) is 0 Å². The Kier molecular flexibility index (Phi) is 42.2. The Bertz CT molecular complexity index is 972. The minimum Gasteiger partial charge on any atom is -0.462 e. The van der Waals surface area contributed by atoms with Crippen LogP contribution in [0.3, 0.4) is 0 Å². The molecule has 0 saturated carbocycles. The Balaban J connectivity index is 4.52. The highest BCUT2D eigenvalue weighted by Gasteiger charge is 2.24. The predicted octanol–water partition coefficient (Wildman–Crippen LogP) is 13.9. The van der Waals surface area contributed by atoms with Crippen LogP contribution in [-0.2, 0) is 14.3 Å². The van der Waals surface area contributed by atoms with Crippen molar-refractivity contribution in [1.82, 2.24) is 5.32 Å². The minimum absolute atomic E-state index is 0.0628. The van der Waals surface area contributed by atoms with Crippen molar-refractivity contribution in [3.8, 4) is 0 Å². The summed E-state index contributed by atoms with van der Waals surface area (Å²) >= 11 is 0. The molecule has 0 aromatic heterocycles. The second kappa shape index (κ2) is 43.9. The number of hydrogen-bond acceptors (Lipinski definition) is 5. The molecule has 6 nitrogen and oxygen atoms in total. The van der Waals surface area contributed by atoms with Crippen LogP contribution in [0.1, 0.15) is 233 Å². The molecular weight excluding hydrogens is 695 g/mol. The van der Waals surface area contributed by atoms with Crippen molar-refractivity contribution in [2.24, 2.45) is 0 Å². The quantitative estimate of drug-likeness (QED) is 0.0325. The molecule has 326 valence electrons. The highest BCUT2D eigenvalue weighted by Crippen LogP contribution is 2.18. The van der Waals surface area contributed by atoms with Crippen LogP contribution in [0.25, 0.3) is 0 Å². The van der Waals surface area contributed by atoms with Crippen molar-refractivity contribution in [3.05, 3.63) is 48.6 Å². The van der Waals surface area contributed by atoms with E-state index >= 15 is 0 Å². The maximum atomic E-state index is 13.1. The molecule has 6 heteroatoms. The van der Waals surface area contributed by atoms with Crippen molar-refractivity contribution in [2.45, 2.75) is 251 Å². The van der Waals surface area contributed by atoms with E-state index < -0.39 is 18.2 Å². The summed E-state index contributed by atoms with van der Waals surface area (Å²) in [5.41, 5.74) is 0. The second-order valence-corrected chi connectivity index (χ2v) is 16.2.